The summed E-state index contributed by atoms with van der Waals surface area (Å²) in [6.45, 7) is 0. The first-order valence-corrected chi connectivity index (χ1v) is 6.68. The molecule has 0 saturated heterocycles. The lowest BCUT2D eigenvalue weighted by Gasteiger charge is -2.39. The van der Waals surface area contributed by atoms with Gasteiger partial charge in [0, 0.05) is 16.1 Å². The van der Waals surface area contributed by atoms with Gasteiger partial charge in [-0.1, -0.05) is 11.6 Å². The molecule has 0 atom stereocenters. The van der Waals surface area contributed by atoms with Crippen molar-refractivity contribution in [2.75, 3.05) is 7.11 Å². The van der Waals surface area contributed by atoms with Crippen LogP contribution in [0.2, 0.25) is 5.02 Å². The summed E-state index contributed by atoms with van der Waals surface area (Å²) in [5, 5.41) is 0.832. The van der Waals surface area contributed by atoms with Gasteiger partial charge in [-0.15, -0.1) is 0 Å². The molecular weight excluding hydrogens is 234 g/mol. The van der Waals surface area contributed by atoms with Crippen LogP contribution in [0, 0.1) is 0 Å². The quantitative estimate of drug-likeness (QED) is 0.892. The largest absolute Gasteiger partial charge is 0.496 e. The summed E-state index contributed by atoms with van der Waals surface area (Å²) >= 11 is 6.40. The first-order chi connectivity index (χ1) is 8.14. The van der Waals surface area contributed by atoms with Gasteiger partial charge in [-0.3, -0.25) is 0 Å². The van der Waals surface area contributed by atoms with Crippen molar-refractivity contribution in [2.45, 2.75) is 43.6 Å². The number of benzene rings is 1. The van der Waals surface area contributed by atoms with Crippen LogP contribution in [-0.2, 0) is 5.54 Å². The van der Waals surface area contributed by atoms with E-state index >= 15 is 0 Å². The van der Waals surface area contributed by atoms with E-state index in [0.717, 1.165) is 29.2 Å². The van der Waals surface area contributed by atoms with Crippen molar-refractivity contribution in [3.05, 3.63) is 28.3 Å². The van der Waals surface area contributed by atoms with E-state index < -0.39 is 0 Å². The molecule has 2 aliphatic carbocycles. The van der Waals surface area contributed by atoms with E-state index in [9.17, 15) is 0 Å². The van der Waals surface area contributed by atoms with Crippen LogP contribution in [0.3, 0.4) is 0 Å². The molecule has 3 rings (SSSR count). The Morgan fingerprint density at radius 1 is 1.35 bits per heavy atom. The van der Waals surface area contributed by atoms with Gasteiger partial charge in [0.2, 0.25) is 0 Å². The highest BCUT2D eigenvalue weighted by Crippen LogP contribution is 2.50. The highest BCUT2D eigenvalue weighted by molar-refractivity contribution is 6.31. The predicted molar refractivity (Wildman–Crippen MR) is 69.7 cm³/mol. The van der Waals surface area contributed by atoms with E-state index in [0.29, 0.717) is 5.92 Å². The van der Waals surface area contributed by atoms with Gasteiger partial charge in [0.1, 0.15) is 5.75 Å². The Hall–Kier alpha value is -0.730. The Bertz CT molecular complexity index is 450. The topological polar surface area (TPSA) is 35.2 Å². The van der Waals surface area contributed by atoms with E-state index in [4.69, 9.17) is 22.1 Å². The second-order valence-electron chi connectivity index (χ2n) is 5.36. The monoisotopic (exact) mass is 251 g/mol. The van der Waals surface area contributed by atoms with Gasteiger partial charge >= 0.3 is 0 Å². The van der Waals surface area contributed by atoms with Gasteiger partial charge < -0.3 is 10.5 Å². The second-order valence-corrected chi connectivity index (χ2v) is 5.77. The number of hydrogen-bond acceptors (Lipinski definition) is 2. The zero-order valence-electron chi connectivity index (χ0n) is 10.1. The fraction of sp³-hybridized carbons (Fsp3) is 0.571. The third-order valence-electron chi connectivity index (χ3n) is 4.12. The molecule has 0 unspecified atom stereocenters. The molecule has 0 amide bonds. The summed E-state index contributed by atoms with van der Waals surface area (Å²) in [4.78, 5) is 0. The van der Waals surface area contributed by atoms with Crippen molar-refractivity contribution in [1.29, 1.82) is 0 Å². The average molecular weight is 252 g/mol. The number of hydrogen-bond donors (Lipinski definition) is 1. The van der Waals surface area contributed by atoms with E-state index in [1.807, 2.05) is 0 Å². The van der Waals surface area contributed by atoms with Gasteiger partial charge in [0.15, 0.2) is 0 Å². The molecular formula is C14H18ClNO. The van der Waals surface area contributed by atoms with Crippen LogP contribution in [0.25, 0.3) is 0 Å². The maximum absolute atomic E-state index is 6.40. The highest BCUT2D eigenvalue weighted by Gasteiger charge is 2.37. The van der Waals surface area contributed by atoms with Gasteiger partial charge in [-0.05, 0) is 55.7 Å². The fourth-order valence-corrected chi connectivity index (χ4v) is 3.03. The van der Waals surface area contributed by atoms with E-state index in [-0.39, 0.29) is 5.54 Å². The minimum absolute atomic E-state index is 0.168. The summed E-state index contributed by atoms with van der Waals surface area (Å²) in [5.41, 5.74) is 8.49. The SMILES string of the molecule is COc1cc(C2(N)CCC2)cc(Cl)c1C1CC1. The van der Waals surface area contributed by atoms with E-state index in [2.05, 4.69) is 12.1 Å². The standard InChI is InChI=1S/C14H18ClNO/c1-17-12-8-10(14(16)5-2-6-14)7-11(15)13(12)9-3-4-9/h7-9H,2-6,16H2,1H3. The molecule has 2 N–H and O–H groups in total. The lowest BCUT2D eigenvalue weighted by molar-refractivity contribution is 0.252. The minimum atomic E-state index is -0.168. The van der Waals surface area contributed by atoms with Crippen LogP contribution in [0.15, 0.2) is 12.1 Å². The average Bonchev–Trinajstić information content (AvgIpc) is 3.08. The van der Waals surface area contributed by atoms with Crippen molar-refractivity contribution >= 4 is 11.6 Å². The number of nitrogens with two attached hydrogens (primary N) is 1. The molecule has 0 aliphatic heterocycles. The van der Waals surface area contributed by atoms with Crippen LogP contribution in [0.5, 0.6) is 5.75 Å². The summed E-state index contributed by atoms with van der Waals surface area (Å²) in [6.07, 6.45) is 5.76. The van der Waals surface area contributed by atoms with E-state index in [1.54, 1.807) is 7.11 Å². The van der Waals surface area contributed by atoms with Gasteiger partial charge in [0.25, 0.3) is 0 Å². The summed E-state index contributed by atoms with van der Waals surface area (Å²) < 4.78 is 5.49. The van der Waals surface area contributed by atoms with Crippen LogP contribution in [-0.4, -0.2) is 7.11 Å². The van der Waals surface area contributed by atoms with Crippen molar-refractivity contribution < 1.29 is 4.74 Å². The molecule has 92 valence electrons. The Balaban J connectivity index is 2.04. The summed E-state index contributed by atoms with van der Waals surface area (Å²) in [6, 6.07) is 4.15. The van der Waals surface area contributed by atoms with Crippen LogP contribution >= 0.6 is 11.6 Å². The van der Waals surface area contributed by atoms with Gasteiger partial charge in [-0.2, -0.15) is 0 Å². The van der Waals surface area contributed by atoms with Crippen molar-refractivity contribution in [3.8, 4) is 5.75 Å². The third kappa shape index (κ3) is 1.84. The van der Waals surface area contributed by atoms with Crippen molar-refractivity contribution in [1.82, 2.24) is 0 Å². The third-order valence-corrected chi connectivity index (χ3v) is 4.43. The van der Waals surface area contributed by atoms with Crippen molar-refractivity contribution in [2.24, 2.45) is 5.73 Å². The van der Waals surface area contributed by atoms with Gasteiger partial charge in [0.05, 0.1) is 7.11 Å². The summed E-state index contributed by atoms with van der Waals surface area (Å²) in [7, 11) is 1.71. The Kier molecular flexibility index (Phi) is 2.60. The minimum Gasteiger partial charge on any atom is -0.496 e. The molecule has 0 bridgehead atoms. The number of ether oxygens (including phenoxy) is 1. The van der Waals surface area contributed by atoms with Crippen LogP contribution in [0.4, 0.5) is 0 Å². The maximum Gasteiger partial charge on any atom is 0.124 e. The van der Waals surface area contributed by atoms with Crippen LogP contribution in [0.1, 0.15) is 49.1 Å². The Morgan fingerprint density at radius 2 is 2.06 bits per heavy atom. The van der Waals surface area contributed by atoms with Gasteiger partial charge in [-0.25, -0.2) is 0 Å². The molecule has 0 heterocycles. The predicted octanol–water partition coefficient (Wildman–Crippen LogP) is 3.56. The molecule has 0 radical (unpaired) electrons. The molecule has 3 heteroatoms. The fourth-order valence-electron chi connectivity index (χ4n) is 2.66. The maximum atomic E-state index is 6.40. The molecule has 0 aromatic heterocycles. The Morgan fingerprint density at radius 3 is 2.53 bits per heavy atom. The zero-order valence-corrected chi connectivity index (χ0v) is 10.9. The first-order valence-electron chi connectivity index (χ1n) is 6.31. The molecule has 1 aromatic carbocycles. The molecule has 2 nitrogen and oxygen atoms in total. The summed E-state index contributed by atoms with van der Waals surface area (Å²) in [5.74, 6) is 1.52. The molecule has 0 spiro atoms. The molecule has 2 aliphatic rings. The zero-order chi connectivity index (χ0) is 12.0. The molecule has 2 fully saturated rings. The van der Waals surface area contributed by atoms with Crippen molar-refractivity contribution in [3.63, 3.8) is 0 Å². The van der Waals surface area contributed by atoms with Crippen LogP contribution < -0.4 is 10.5 Å². The molecule has 1 aromatic rings. The molecule has 2 saturated carbocycles. The normalized spacial score (nSPS) is 22.1. The number of halogens is 1. The number of methoxy groups -OCH3 is 1. The number of rotatable bonds is 3. The molecule has 17 heavy (non-hydrogen) atoms. The Labute approximate surface area is 107 Å². The second kappa shape index (κ2) is 3.89. The highest BCUT2D eigenvalue weighted by atomic mass is 35.5. The lowest BCUT2D eigenvalue weighted by atomic mass is 9.72. The van der Waals surface area contributed by atoms with E-state index in [1.165, 1.54) is 24.8 Å². The smallest absolute Gasteiger partial charge is 0.124 e. The first kappa shape index (κ1) is 11.4. The lowest BCUT2D eigenvalue weighted by Crippen LogP contribution is -2.43.